The zero-order valence-corrected chi connectivity index (χ0v) is 11.3. The minimum Gasteiger partial charge on any atom is -0.383 e. The fraction of sp³-hybridized carbons (Fsp3) is 0.333. The van der Waals surface area contributed by atoms with Crippen molar-refractivity contribution >= 4 is 17.5 Å². The van der Waals surface area contributed by atoms with E-state index in [0.717, 1.165) is 49.7 Å². The highest BCUT2D eigenvalue weighted by molar-refractivity contribution is 5.66. The third-order valence-electron chi connectivity index (χ3n) is 4.08. The lowest BCUT2D eigenvalue weighted by Crippen LogP contribution is -2.28. The van der Waals surface area contributed by atoms with Crippen LogP contribution in [-0.2, 0) is 19.4 Å². The van der Waals surface area contributed by atoms with Crippen molar-refractivity contribution in [2.24, 2.45) is 0 Å². The van der Waals surface area contributed by atoms with E-state index in [1.165, 1.54) is 11.3 Å². The molecular formula is C15H17N5. The summed E-state index contributed by atoms with van der Waals surface area (Å²) in [5.74, 6) is 1.36. The monoisotopic (exact) mass is 267 g/mol. The first-order chi connectivity index (χ1) is 9.83. The first kappa shape index (κ1) is 11.7. The van der Waals surface area contributed by atoms with Gasteiger partial charge >= 0.3 is 0 Å². The Morgan fingerprint density at radius 1 is 1.15 bits per heavy atom. The number of nitrogens with zero attached hydrogens (tertiary/aromatic N) is 3. The van der Waals surface area contributed by atoms with Crippen molar-refractivity contribution in [2.75, 3.05) is 23.7 Å². The van der Waals surface area contributed by atoms with Crippen LogP contribution < -0.4 is 16.0 Å². The molecule has 0 atom stereocenters. The lowest BCUT2D eigenvalue weighted by atomic mass is 10.1. The van der Waals surface area contributed by atoms with Crippen molar-refractivity contribution in [2.45, 2.75) is 19.4 Å². The SMILES string of the molecule is Nc1nc(N2CCc3ccccc32)nc2c1CNCC2. The Balaban J connectivity index is 1.79. The van der Waals surface area contributed by atoms with E-state index in [2.05, 4.69) is 39.5 Å². The van der Waals surface area contributed by atoms with Crippen LogP contribution in [0, 0.1) is 0 Å². The Morgan fingerprint density at radius 3 is 3.00 bits per heavy atom. The maximum absolute atomic E-state index is 6.11. The molecular weight excluding hydrogens is 250 g/mol. The number of hydrogen-bond acceptors (Lipinski definition) is 5. The van der Waals surface area contributed by atoms with E-state index in [0.29, 0.717) is 5.82 Å². The van der Waals surface area contributed by atoms with Gasteiger partial charge in [0.25, 0.3) is 0 Å². The van der Waals surface area contributed by atoms with Crippen molar-refractivity contribution in [3.8, 4) is 0 Å². The van der Waals surface area contributed by atoms with Crippen molar-refractivity contribution in [1.29, 1.82) is 0 Å². The van der Waals surface area contributed by atoms with Crippen LogP contribution in [0.1, 0.15) is 16.8 Å². The molecule has 0 bridgehead atoms. The second-order valence-corrected chi connectivity index (χ2v) is 5.29. The van der Waals surface area contributed by atoms with Crippen LogP contribution in [0.3, 0.4) is 0 Å². The van der Waals surface area contributed by atoms with Crippen LogP contribution >= 0.6 is 0 Å². The smallest absolute Gasteiger partial charge is 0.232 e. The number of benzene rings is 1. The summed E-state index contributed by atoms with van der Waals surface area (Å²) in [4.78, 5) is 11.4. The van der Waals surface area contributed by atoms with Crippen LogP contribution in [0.5, 0.6) is 0 Å². The molecule has 2 aliphatic heterocycles. The van der Waals surface area contributed by atoms with Gasteiger partial charge in [0, 0.05) is 37.3 Å². The Morgan fingerprint density at radius 2 is 2.05 bits per heavy atom. The quantitative estimate of drug-likeness (QED) is 0.817. The molecule has 5 nitrogen and oxygen atoms in total. The fourth-order valence-electron chi connectivity index (χ4n) is 3.02. The van der Waals surface area contributed by atoms with E-state index >= 15 is 0 Å². The Kier molecular flexibility index (Phi) is 2.60. The van der Waals surface area contributed by atoms with E-state index in [1.807, 2.05) is 0 Å². The maximum Gasteiger partial charge on any atom is 0.232 e. The number of hydrogen-bond donors (Lipinski definition) is 2. The highest BCUT2D eigenvalue weighted by atomic mass is 15.3. The molecule has 0 saturated heterocycles. The lowest BCUT2D eigenvalue weighted by molar-refractivity contribution is 0.627. The van der Waals surface area contributed by atoms with Crippen LogP contribution in [0.15, 0.2) is 24.3 Å². The molecule has 4 rings (SSSR count). The first-order valence-electron chi connectivity index (χ1n) is 7.04. The van der Waals surface area contributed by atoms with Crippen molar-refractivity contribution < 1.29 is 0 Å². The summed E-state index contributed by atoms with van der Waals surface area (Å²) in [5.41, 5.74) is 10.8. The Bertz CT molecular complexity index is 667. The van der Waals surface area contributed by atoms with Gasteiger partial charge in [0.1, 0.15) is 5.82 Å². The van der Waals surface area contributed by atoms with Crippen LogP contribution in [0.25, 0.3) is 0 Å². The van der Waals surface area contributed by atoms with E-state index in [1.54, 1.807) is 0 Å². The second kappa shape index (κ2) is 4.45. The van der Waals surface area contributed by atoms with E-state index in [9.17, 15) is 0 Å². The second-order valence-electron chi connectivity index (χ2n) is 5.29. The summed E-state index contributed by atoms with van der Waals surface area (Å²) in [5, 5.41) is 3.31. The third-order valence-corrected chi connectivity index (χ3v) is 4.08. The van der Waals surface area contributed by atoms with Gasteiger partial charge in [0.05, 0.1) is 5.69 Å². The molecule has 0 unspecified atom stereocenters. The lowest BCUT2D eigenvalue weighted by Gasteiger charge is -2.22. The van der Waals surface area contributed by atoms with Crippen LogP contribution in [-0.4, -0.2) is 23.1 Å². The van der Waals surface area contributed by atoms with Gasteiger partial charge in [-0.05, 0) is 18.1 Å². The van der Waals surface area contributed by atoms with E-state index < -0.39 is 0 Å². The summed E-state index contributed by atoms with van der Waals surface area (Å²) in [6.45, 7) is 2.66. The predicted molar refractivity (Wildman–Crippen MR) is 79.0 cm³/mol. The average Bonchev–Trinajstić information content (AvgIpc) is 2.91. The molecule has 0 saturated carbocycles. The number of nitrogens with two attached hydrogens (primary N) is 1. The zero-order valence-electron chi connectivity index (χ0n) is 11.3. The third kappa shape index (κ3) is 1.74. The molecule has 0 aliphatic carbocycles. The number of anilines is 3. The molecule has 1 aromatic carbocycles. The first-order valence-corrected chi connectivity index (χ1v) is 7.04. The molecule has 3 N–H and O–H groups in total. The van der Waals surface area contributed by atoms with Gasteiger partial charge in [-0.2, -0.15) is 4.98 Å². The van der Waals surface area contributed by atoms with Crippen LogP contribution in [0.4, 0.5) is 17.5 Å². The minimum atomic E-state index is 0.613. The number of nitrogen functional groups attached to an aromatic ring is 1. The zero-order chi connectivity index (χ0) is 13.5. The number of fused-ring (bicyclic) bond motifs is 2. The number of para-hydroxylation sites is 1. The van der Waals surface area contributed by atoms with Gasteiger partial charge < -0.3 is 16.0 Å². The topological polar surface area (TPSA) is 67.1 Å². The van der Waals surface area contributed by atoms with Crippen molar-refractivity contribution in [3.63, 3.8) is 0 Å². The molecule has 20 heavy (non-hydrogen) atoms. The summed E-state index contributed by atoms with van der Waals surface area (Å²) in [6, 6.07) is 8.43. The summed E-state index contributed by atoms with van der Waals surface area (Å²) in [6.07, 6.45) is 1.96. The molecule has 102 valence electrons. The molecule has 5 heteroatoms. The molecule has 1 aromatic heterocycles. The number of rotatable bonds is 1. The highest BCUT2D eigenvalue weighted by Crippen LogP contribution is 2.33. The van der Waals surface area contributed by atoms with Crippen molar-refractivity contribution in [3.05, 3.63) is 41.1 Å². The van der Waals surface area contributed by atoms with Crippen molar-refractivity contribution in [1.82, 2.24) is 15.3 Å². The van der Waals surface area contributed by atoms with Gasteiger partial charge in [-0.25, -0.2) is 4.98 Å². The van der Waals surface area contributed by atoms with Gasteiger partial charge in [-0.15, -0.1) is 0 Å². The molecule has 0 spiro atoms. The predicted octanol–water partition coefficient (Wildman–Crippen LogP) is 1.40. The average molecular weight is 267 g/mol. The molecule has 2 aliphatic rings. The van der Waals surface area contributed by atoms with Gasteiger partial charge in [0.2, 0.25) is 5.95 Å². The van der Waals surface area contributed by atoms with Gasteiger partial charge in [0.15, 0.2) is 0 Å². The van der Waals surface area contributed by atoms with E-state index in [-0.39, 0.29) is 0 Å². The number of nitrogens with one attached hydrogen (secondary N) is 1. The normalized spacial score (nSPS) is 16.9. The number of aromatic nitrogens is 2. The molecule has 0 radical (unpaired) electrons. The fourth-order valence-corrected chi connectivity index (χ4v) is 3.02. The molecule has 0 amide bonds. The van der Waals surface area contributed by atoms with Gasteiger partial charge in [-0.3, -0.25) is 0 Å². The molecule has 0 fully saturated rings. The van der Waals surface area contributed by atoms with Gasteiger partial charge in [-0.1, -0.05) is 18.2 Å². The Labute approximate surface area is 117 Å². The standard InChI is InChI=1S/C15H17N5/c16-14-11-9-17-7-5-12(11)18-15(19-14)20-8-6-10-3-1-2-4-13(10)20/h1-4,17H,5-9H2,(H2,16,18,19). The summed E-state index contributed by atoms with van der Waals surface area (Å²) < 4.78 is 0. The Hall–Kier alpha value is -2.14. The summed E-state index contributed by atoms with van der Waals surface area (Å²) >= 11 is 0. The van der Waals surface area contributed by atoms with Crippen LogP contribution in [0.2, 0.25) is 0 Å². The van der Waals surface area contributed by atoms with E-state index in [4.69, 9.17) is 10.7 Å². The summed E-state index contributed by atoms with van der Waals surface area (Å²) in [7, 11) is 0. The highest BCUT2D eigenvalue weighted by Gasteiger charge is 2.24. The molecule has 2 aromatic rings. The maximum atomic E-state index is 6.11. The molecule has 3 heterocycles. The minimum absolute atomic E-state index is 0.613. The largest absolute Gasteiger partial charge is 0.383 e.